The molecule has 1 spiro atoms. The summed E-state index contributed by atoms with van der Waals surface area (Å²) in [6.07, 6.45) is 2.72. The minimum absolute atomic E-state index is 0.0758. The highest BCUT2D eigenvalue weighted by atomic mass is 32.2. The van der Waals surface area contributed by atoms with E-state index in [4.69, 9.17) is 0 Å². The van der Waals surface area contributed by atoms with E-state index < -0.39 is 45.3 Å². The monoisotopic (exact) mass is 474 g/mol. The molecule has 2 aromatic rings. The molecular weight excluding hydrogens is 451 g/mol. The fourth-order valence-corrected chi connectivity index (χ4v) is 5.24. The summed E-state index contributed by atoms with van der Waals surface area (Å²) in [5, 5.41) is 5.32. The van der Waals surface area contributed by atoms with Crippen LogP contribution in [0, 0.1) is 5.82 Å². The largest absolute Gasteiger partial charge is 0.325 e. The fourth-order valence-electron chi connectivity index (χ4n) is 4.16. The predicted molar refractivity (Wildman–Crippen MR) is 118 cm³/mol. The first kappa shape index (κ1) is 22.7. The van der Waals surface area contributed by atoms with Crippen molar-refractivity contribution < 1.29 is 27.2 Å². The number of nitrogens with zero attached hydrogens (tertiary/aromatic N) is 1. The van der Waals surface area contributed by atoms with Crippen LogP contribution in [0.15, 0.2) is 53.4 Å². The molecule has 0 aromatic heterocycles. The van der Waals surface area contributed by atoms with Crippen molar-refractivity contribution in [2.45, 2.75) is 49.1 Å². The molecule has 3 N–H and O–H groups in total. The van der Waals surface area contributed by atoms with Crippen LogP contribution in [0.4, 0.5) is 20.6 Å². The Hall–Kier alpha value is -3.47. The average Bonchev–Trinajstić information content (AvgIpc) is 3.33. The number of carbonyl (C=O) groups excluding carboxylic acids is 3. The number of amides is 4. The van der Waals surface area contributed by atoms with E-state index in [0.29, 0.717) is 12.8 Å². The number of urea groups is 1. The van der Waals surface area contributed by atoms with E-state index in [1.54, 1.807) is 12.1 Å². The lowest BCUT2D eigenvalue weighted by atomic mass is 9.97. The maximum atomic E-state index is 13.1. The van der Waals surface area contributed by atoms with Crippen LogP contribution in [0.5, 0.6) is 0 Å². The molecule has 11 heteroatoms. The number of nitrogens with one attached hydrogen (secondary N) is 3. The van der Waals surface area contributed by atoms with Gasteiger partial charge in [0.15, 0.2) is 0 Å². The molecule has 4 amide bonds. The summed E-state index contributed by atoms with van der Waals surface area (Å²) in [6.45, 7) is 1.44. The number of hydrogen-bond donors (Lipinski definition) is 3. The molecule has 1 heterocycles. The van der Waals surface area contributed by atoms with E-state index in [2.05, 4.69) is 15.4 Å². The second-order valence-electron chi connectivity index (χ2n) is 8.16. The van der Waals surface area contributed by atoms with Gasteiger partial charge in [0.25, 0.3) is 15.9 Å². The molecule has 2 aliphatic rings. The molecule has 2 aromatic carbocycles. The molecule has 174 valence electrons. The Labute approximate surface area is 190 Å². The van der Waals surface area contributed by atoms with Crippen LogP contribution in [-0.4, -0.2) is 42.7 Å². The summed E-state index contributed by atoms with van der Waals surface area (Å²) in [6, 6.07) is 8.67. The molecule has 2 fully saturated rings. The highest BCUT2D eigenvalue weighted by Gasteiger charge is 2.54. The number of rotatable bonds is 6. The molecule has 4 rings (SSSR count). The van der Waals surface area contributed by atoms with Gasteiger partial charge < -0.3 is 10.6 Å². The maximum Gasteiger partial charge on any atom is 0.325 e. The molecule has 1 aliphatic heterocycles. The number of hydrogen-bond acceptors (Lipinski definition) is 5. The van der Waals surface area contributed by atoms with Crippen molar-refractivity contribution in [3.8, 4) is 0 Å². The number of carbonyl (C=O) groups is 3. The molecule has 33 heavy (non-hydrogen) atoms. The van der Waals surface area contributed by atoms with Crippen LogP contribution in [0.1, 0.15) is 32.6 Å². The van der Waals surface area contributed by atoms with Gasteiger partial charge in [-0.1, -0.05) is 25.0 Å². The van der Waals surface area contributed by atoms with Gasteiger partial charge in [0.1, 0.15) is 17.4 Å². The topological polar surface area (TPSA) is 125 Å². The van der Waals surface area contributed by atoms with Crippen molar-refractivity contribution in [3.63, 3.8) is 0 Å². The third-order valence-corrected chi connectivity index (χ3v) is 7.35. The number of benzene rings is 2. The van der Waals surface area contributed by atoms with Gasteiger partial charge in [0.05, 0.1) is 16.3 Å². The highest BCUT2D eigenvalue weighted by Crippen LogP contribution is 2.36. The van der Waals surface area contributed by atoms with Gasteiger partial charge in [0, 0.05) is 0 Å². The van der Waals surface area contributed by atoms with Crippen molar-refractivity contribution in [2.75, 3.05) is 10.0 Å². The van der Waals surface area contributed by atoms with E-state index in [9.17, 15) is 27.2 Å². The summed E-state index contributed by atoms with van der Waals surface area (Å²) < 4.78 is 40.9. The van der Waals surface area contributed by atoms with Crippen molar-refractivity contribution in [2.24, 2.45) is 0 Å². The van der Waals surface area contributed by atoms with Crippen molar-refractivity contribution in [1.29, 1.82) is 0 Å². The SMILES string of the molecule is CC(C(=O)Nc1ccccc1NS(=O)(=O)c1ccc(F)cc1)N1C(=O)NC2(CCCC2)C1=O. The fraction of sp³-hybridized carbons (Fsp3) is 0.318. The number of halogens is 1. The Kier molecular flexibility index (Phi) is 5.83. The van der Waals surface area contributed by atoms with Crippen LogP contribution in [0.2, 0.25) is 0 Å². The van der Waals surface area contributed by atoms with E-state index in [1.165, 1.54) is 19.1 Å². The zero-order valence-corrected chi connectivity index (χ0v) is 18.6. The Morgan fingerprint density at radius 3 is 2.30 bits per heavy atom. The summed E-state index contributed by atoms with van der Waals surface area (Å²) in [4.78, 5) is 39.1. The minimum Gasteiger partial charge on any atom is -0.323 e. The first-order chi connectivity index (χ1) is 15.6. The maximum absolute atomic E-state index is 13.1. The first-order valence-electron chi connectivity index (χ1n) is 10.5. The van der Waals surface area contributed by atoms with E-state index >= 15 is 0 Å². The van der Waals surface area contributed by atoms with Gasteiger partial charge in [-0.2, -0.15) is 0 Å². The molecule has 1 atom stereocenters. The predicted octanol–water partition coefficient (Wildman–Crippen LogP) is 2.82. The smallest absolute Gasteiger partial charge is 0.323 e. The molecular formula is C22H23FN4O5S. The molecule has 1 saturated carbocycles. The number of sulfonamides is 1. The summed E-state index contributed by atoms with van der Waals surface area (Å²) in [7, 11) is -4.05. The van der Waals surface area contributed by atoms with Crippen molar-refractivity contribution in [3.05, 3.63) is 54.3 Å². The Morgan fingerprint density at radius 2 is 1.67 bits per heavy atom. The van der Waals surface area contributed by atoms with Crippen molar-refractivity contribution >= 4 is 39.2 Å². The molecule has 1 saturated heterocycles. The lowest BCUT2D eigenvalue weighted by Crippen LogP contribution is -2.48. The second kappa shape index (κ2) is 8.47. The molecule has 0 radical (unpaired) electrons. The van der Waals surface area contributed by atoms with Gasteiger partial charge in [-0.25, -0.2) is 22.5 Å². The van der Waals surface area contributed by atoms with Gasteiger partial charge >= 0.3 is 6.03 Å². The minimum atomic E-state index is -4.05. The van der Waals surface area contributed by atoms with Crippen LogP contribution in [-0.2, 0) is 19.6 Å². The number of anilines is 2. The zero-order valence-electron chi connectivity index (χ0n) is 17.8. The zero-order chi connectivity index (χ0) is 23.8. The van der Waals surface area contributed by atoms with E-state index in [-0.39, 0.29) is 16.3 Å². The van der Waals surface area contributed by atoms with Crippen molar-refractivity contribution in [1.82, 2.24) is 10.2 Å². The van der Waals surface area contributed by atoms with Gasteiger partial charge in [-0.15, -0.1) is 0 Å². The molecule has 9 nitrogen and oxygen atoms in total. The standard InChI is InChI=1S/C22H23FN4O5S/c1-14(27-20(29)22(25-21(27)30)12-4-5-13-22)19(28)24-17-6-2-3-7-18(17)26-33(31,32)16-10-8-15(23)9-11-16/h2-3,6-11,14,26H,4-5,12-13H2,1H3,(H,24,28)(H,25,30). The van der Waals surface area contributed by atoms with Crippen LogP contribution in [0.25, 0.3) is 0 Å². The number of para-hydroxylation sites is 2. The van der Waals surface area contributed by atoms with E-state index in [0.717, 1.165) is 42.0 Å². The van der Waals surface area contributed by atoms with Gasteiger partial charge in [-0.3, -0.25) is 14.3 Å². The third kappa shape index (κ3) is 4.28. The van der Waals surface area contributed by atoms with Gasteiger partial charge in [-0.05, 0) is 56.2 Å². The molecule has 1 unspecified atom stereocenters. The Balaban J connectivity index is 1.52. The Bertz CT molecular complexity index is 1210. The average molecular weight is 475 g/mol. The summed E-state index contributed by atoms with van der Waals surface area (Å²) in [5.41, 5.74) is -0.719. The Morgan fingerprint density at radius 1 is 1.06 bits per heavy atom. The van der Waals surface area contributed by atoms with Gasteiger partial charge in [0.2, 0.25) is 5.91 Å². The lowest BCUT2D eigenvalue weighted by molar-refractivity contribution is -0.136. The normalized spacial score (nSPS) is 18.3. The summed E-state index contributed by atoms with van der Waals surface area (Å²) >= 11 is 0. The lowest BCUT2D eigenvalue weighted by Gasteiger charge is -2.24. The highest BCUT2D eigenvalue weighted by molar-refractivity contribution is 7.92. The van der Waals surface area contributed by atoms with Crippen LogP contribution < -0.4 is 15.4 Å². The third-order valence-electron chi connectivity index (χ3n) is 5.97. The second-order valence-corrected chi connectivity index (χ2v) is 9.85. The molecule has 1 aliphatic carbocycles. The molecule has 0 bridgehead atoms. The summed E-state index contributed by atoms with van der Waals surface area (Å²) in [5.74, 6) is -1.64. The van der Waals surface area contributed by atoms with E-state index in [1.807, 2.05) is 0 Å². The number of imide groups is 1. The van der Waals surface area contributed by atoms with Crippen LogP contribution in [0.3, 0.4) is 0 Å². The van der Waals surface area contributed by atoms with Crippen LogP contribution >= 0.6 is 0 Å². The first-order valence-corrected chi connectivity index (χ1v) is 12.0. The quantitative estimate of drug-likeness (QED) is 0.556.